The molecule has 1 aromatic heterocycles. The number of nitrogens with one attached hydrogen (secondary N) is 1. The lowest BCUT2D eigenvalue weighted by Crippen LogP contribution is -2.26. The van der Waals surface area contributed by atoms with Crippen LogP contribution in [0.5, 0.6) is 0 Å². The van der Waals surface area contributed by atoms with E-state index in [4.69, 9.17) is 6.42 Å². The Morgan fingerprint density at radius 3 is 2.88 bits per heavy atom. The Hall–Kier alpha value is -0.870. The van der Waals surface area contributed by atoms with Crippen LogP contribution >= 0.6 is 11.3 Å². The summed E-state index contributed by atoms with van der Waals surface area (Å²) >= 11 is 1.21. The molecule has 6 heteroatoms. The summed E-state index contributed by atoms with van der Waals surface area (Å²) in [6, 6.07) is 1.67. The molecule has 0 saturated heterocycles. The second kappa shape index (κ2) is 5.46. The highest BCUT2D eigenvalue weighted by Crippen LogP contribution is 2.22. The van der Waals surface area contributed by atoms with Gasteiger partial charge in [0.25, 0.3) is 10.0 Å². The summed E-state index contributed by atoms with van der Waals surface area (Å²) in [5, 5.41) is 4.80. The Morgan fingerprint density at radius 1 is 1.62 bits per heavy atom. The average Bonchev–Trinajstić information content (AvgIpc) is 2.68. The molecule has 0 aromatic carbocycles. The van der Waals surface area contributed by atoms with Crippen LogP contribution in [-0.4, -0.2) is 33.4 Å². The Kier molecular flexibility index (Phi) is 4.50. The molecule has 1 N–H and O–H groups in total. The molecule has 0 aliphatic rings. The van der Waals surface area contributed by atoms with Crippen molar-refractivity contribution in [2.75, 3.05) is 20.6 Å². The predicted molar refractivity (Wildman–Crippen MR) is 65.7 cm³/mol. The molecule has 0 amide bonds. The molecule has 0 aliphatic carbocycles. The third kappa shape index (κ3) is 2.83. The summed E-state index contributed by atoms with van der Waals surface area (Å²) in [6.07, 6.45) is 5.09. The van der Waals surface area contributed by atoms with Gasteiger partial charge in [-0.15, -0.1) is 17.8 Å². The fraction of sp³-hybridized carbons (Fsp3) is 0.400. The van der Waals surface area contributed by atoms with E-state index < -0.39 is 10.0 Å². The predicted octanol–water partition coefficient (Wildman–Crippen LogP) is 0.721. The minimum Gasteiger partial charge on any atom is -0.316 e. The van der Waals surface area contributed by atoms with Gasteiger partial charge in [-0.3, -0.25) is 0 Å². The number of hydrogen-bond donors (Lipinski definition) is 1. The van der Waals surface area contributed by atoms with Crippen molar-refractivity contribution >= 4 is 21.4 Å². The fourth-order valence-electron chi connectivity index (χ4n) is 1.15. The summed E-state index contributed by atoms with van der Waals surface area (Å²) in [6.45, 7) is 0.743. The smallest absolute Gasteiger partial charge is 0.253 e. The third-order valence-electron chi connectivity index (χ3n) is 1.99. The Bertz CT molecular complexity index is 485. The summed E-state index contributed by atoms with van der Waals surface area (Å²) < 4.78 is 25.4. The van der Waals surface area contributed by atoms with Crippen molar-refractivity contribution in [2.24, 2.45) is 0 Å². The van der Waals surface area contributed by atoms with Gasteiger partial charge in [0.05, 0.1) is 6.54 Å². The van der Waals surface area contributed by atoms with E-state index >= 15 is 0 Å². The summed E-state index contributed by atoms with van der Waals surface area (Å²) in [5.41, 5.74) is 0.959. The van der Waals surface area contributed by atoms with Gasteiger partial charge in [-0.25, -0.2) is 8.42 Å². The van der Waals surface area contributed by atoms with Gasteiger partial charge in [0.2, 0.25) is 0 Å². The summed E-state index contributed by atoms with van der Waals surface area (Å²) in [4.78, 5) is 0. The second-order valence-corrected chi connectivity index (χ2v) is 6.45. The number of nitrogens with zero attached hydrogens (tertiary/aromatic N) is 1. The Labute approximate surface area is 100 Å². The van der Waals surface area contributed by atoms with Crippen LogP contribution in [0.1, 0.15) is 5.56 Å². The van der Waals surface area contributed by atoms with Gasteiger partial charge in [0, 0.05) is 13.6 Å². The van der Waals surface area contributed by atoms with Crippen molar-refractivity contribution in [3.05, 3.63) is 17.0 Å². The maximum Gasteiger partial charge on any atom is 0.253 e. The number of thiophene rings is 1. The largest absolute Gasteiger partial charge is 0.316 e. The monoisotopic (exact) mass is 258 g/mol. The van der Waals surface area contributed by atoms with Gasteiger partial charge in [0.1, 0.15) is 4.21 Å². The summed E-state index contributed by atoms with van der Waals surface area (Å²) in [5.74, 6) is 2.31. The van der Waals surface area contributed by atoms with Gasteiger partial charge in [-0.05, 0) is 24.1 Å². The molecule has 0 aliphatic heterocycles. The highest BCUT2D eigenvalue weighted by Gasteiger charge is 2.21. The molecule has 1 rings (SSSR count). The fourth-order valence-corrected chi connectivity index (χ4v) is 3.66. The maximum atomic E-state index is 12.0. The molecule has 16 heavy (non-hydrogen) atoms. The van der Waals surface area contributed by atoms with Gasteiger partial charge >= 0.3 is 0 Å². The van der Waals surface area contributed by atoms with Crippen molar-refractivity contribution < 1.29 is 8.42 Å². The lowest BCUT2D eigenvalue weighted by atomic mass is 10.3. The first-order chi connectivity index (χ1) is 7.52. The van der Waals surface area contributed by atoms with E-state index in [-0.39, 0.29) is 6.54 Å². The Morgan fingerprint density at radius 2 is 2.31 bits per heavy atom. The summed E-state index contributed by atoms with van der Waals surface area (Å²) in [7, 11) is -0.122. The average molecular weight is 258 g/mol. The molecule has 4 nitrogen and oxygen atoms in total. The number of hydrogen-bond acceptors (Lipinski definition) is 4. The van der Waals surface area contributed by atoms with E-state index in [1.165, 1.54) is 22.7 Å². The standard InChI is InChI=1S/C10H14N2O2S2/c1-4-5-12(3)16(13,14)10-6-9(7-11-2)8-15-10/h1,6,8,11H,5,7H2,2-3H3. The quantitative estimate of drug-likeness (QED) is 0.792. The number of rotatable bonds is 5. The molecule has 0 atom stereocenters. The van der Waals surface area contributed by atoms with Crippen molar-refractivity contribution in [2.45, 2.75) is 10.8 Å². The van der Waals surface area contributed by atoms with Gasteiger partial charge < -0.3 is 5.32 Å². The number of sulfonamides is 1. The van der Waals surface area contributed by atoms with Crippen molar-refractivity contribution in [1.82, 2.24) is 9.62 Å². The van der Waals surface area contributed by atoms with E-state index in [0.717, 1.165) is 5.56 Å². The topological polar surface area (TPSA) is 49.4 Å². The van der Waals surface area contributed by atoms with Crippen LogP contribution in [0.4, 0.5) is 0 Å². The third-order valence-corrected chi connectivity index (χ3v) is 5.26. The first kappa shape index (κ1) is 13.2. The zero-order valence-corrected chi connectivity index (χ0v) is 10.9. The van der Waals surface area contributed by atoms with Crippen molar-refractivity contribution in [1.29, 1.82) is 0 Å². The zero-order chi connectivity index (χ0) is 12.2. The minimum absolute atomic E-state index is 0.0849. The van der Waals surface area contributed by atoms with E-state index in [2.05, 4.69) is 11.2 Å². The molecule has 1 heterocycles. The Balaban J connectivity index is 2.95. The van der Waals surface area contributed by atoms with Crippen LogP contribution < -0.4 is 5.32 Å². The van der Waals surface area contributed by atoms with Crippen molar-refractivity contribution in [3.8, 4) is 12.3 Å². The molecule has 0 unspecified atom stereocenters. The van der Waals surface area contributed by atoms with Crippen LogP contribution in [-0.2, 0) is 16.6 Å². The maximum absolute atomic E-state index is 12.0. The lowest BCUT2D eigenvalue weighted by molar-refractivity contribution is 0.505. The first-order valence-electron chi connectivity index (χ1n) is 4.64. The van der Waals surface area contributed by atoms with Crippen LogP contribution in [0, 0.1) is 12.3 Å². The van der Waals surface area contributed by atoms with E-state index in [0.29, 0.717) is 10.8 Å². The highest BCUT2D eigenvalue weighted by molar-refractivity contribution is 7.91. The number of terminal acetylenes is 1. The molecule has 0 bridgehead atoms. The van der Waals surface area contributed by atoms with Gasteiger partial charge in [0.15, 0.2) is 0 Å². The molecule has 0 spiro atoms. The van der Waals surface area contributed by atoms with Crippen LogP contribution in [0.3, 0.4) is 0 Å². The molecular formula is C10H14N2O2S2. The second-order valence-electron chi connectivity index (χ2n) is 3.27. The normalized spacial score (nSPS) is 11.6. The van der Waals surface area contributed by atoms with Gasteiger partial charge in [-0.1, -0.05) is 5.92 Å². The first-order valence-corrected chi connectivity index (χ1v) is 6.96. The van der Waals surface area contributed by atoms with Crippen LogP contribution in [0.25, 0.3) is 0 Å². The SMILES string of the molecule is C#CCN(C)S(=O)(=O)c1cc(CNC)cs1. The van der Waals surface area contributed by atoms with E-state index in [9.17, 15) is 8.42 Å². The van der Waals surface area contributed by atoms with Crippen LogP contribution in [0.2, 0.25) is 0 Å². The zero-order valence-electron chi connectivity index (χ0n) is 9.23. The van der Waals surface area contributed by atoms with Gasteiger partial charge in [-0.2, -0.15) is 4.31 Å². The molecule has 88 valence electrons. The molecule has 0 fully saturated rings. The van der Waals surface area contributed by atoms with E-state index in [1.807, 2.05) is 12.4 Å². The highest BCUT2D eigenvalue weighted by atomic mass is 32.2. The van der Waals surface area contributed by atoms with Crippen molar-refractivity contribution in [3.63, 3.8) is 0 Å². The van der Waals surface area contributed by atoms with Crippen LogP contribution in [0.15, 0.2) is 15.7 Å². The van der Waals surface area contributed by atoms with E-state index in [1.54, 1.807) is 6.07 Å². The minimum atomic E-state index is -3.42. The molecule has 0 radical (unpaired) electrons. The molecule has 0 saturated carbocycles. The lowest BCUT2D eigenvalue weighted by Gasteiger charge is -2.11. The molecular weight excluding hydrogens is 244 g/mol. The molecule has 1 aromatic rings.